The monoisotopic (exact) mass is 464 g/mol. The van der Waals surface area contributed by atoms with Crippen LogP contribution in [0.15, 0.2) is 42.0 Å². The van der Waals surface area contributed by atoms with Crippen molar-refractivity contribution in [2.75, 3.05) is 13.1 Å². The summed E-state index contributed by atoms with van der Waals surface area (Å²) in [5.74, 6) is 0.0713. The maximum atomic E-state index is 13.1. The summed E-state index contributed by atoms with van der Waals surface area (Å²) in [5.41, 5.74) is 1.30. The van der Waals surface area contributed by atoms with Gasteiger partial charge in [0.25, 0.3) is 11.8 Å². The van der Waals surface area contributed by atoms with Gasteiger partial charge in [0.2, 0.25) is 0 Å². The third-order valence-corrected chi connectivity index (χ3v) is 8.68. The maximum absolute atomic E-state index is 13.1. The Kier molecular flexibility index (Phi) is 5.16. The van der Waals surface area contributed by atoms with Gasteiger partial charge in [0, 0.05) is 30.0 Å². The van der Waals surface area contributed by atoms with Crippen molar-refractivity contribution >= 4 is 39.4 Å². The molecule has 1 aromatic heterocycles. The minimum atomic E-state index is -1.04. The van der Waals surface area contributed by atoms with E-state index in [0.29, 0.717) is 31.0 Å². The molecule has 7 nitrogen and oxygen atoms in total. The van der Waals surface area contributed by atoms with E-state index < -0.39 is 17.0 Å². The molecule has 33 heavy (non-hydrogen) atoms. The highest BCUT2D eigenvalue weighted by Gasteiger charge is 2.54. The summed E-state index contributed by atoms with van der Waals surface area (Å²) in [6, 6.07) is 5.89. The predicted molar refractivity (Wildman–Crippen MR) is 128 cm³/mol. The molecule has 8 heteroatoms. The first kappa shape index (κ1) is 21.8. The molecule has 2 aliphatic heterocycles. The second kappa shape index (κ2) is 7.80. The Balaban J connectivity index is 1.23. The molecular formula is C25H28N4O3S. The second-order valence-electron chi connectivity index (χ2n) is 9.74. The van der Waals surface area contributed by atoms with Crippen LogP contribution in [0.25, 0.3) is 10.2 Å². The number of hydrogen-bond acceptors (Lipinski definition) is 5. The van der Waals surface area contributed by atoms with Crippen molar-refractivity contribution < 1.29 is 14.4 Å². The molecule has 0 bridgehead atoms. The lowest BCUT2D eigenvalue weighted by molar-refractivity contribution is -0.127. The van der Waals surface area contributed by atoms with Gasteiger partial charge in [-0.1, -0.05) is 31.2 Å². The maximum Gasteiger partial charge on any atom is 0.322 e. The third kappa shape index (κ3) is 3.66. The Bertz CT molecular complexity index is 1220. The lowest BCUT2D eigenvalue weighted by atomic mass is 9.67. The number of imide groups is 1. The minimum absolute atomic E-state index is 0.0248. The number of urea groups is 1. The highest BCUT2D eigenvalue weighted by molar-refractivity contribution is 7.18. The van der Waals surface area contributed by atoms with Gasteiger partial charge in [-0.05, 0) is 50.8 Å². The molecule has 5 rings (SSSR count). The average Bonchev–Trinajstić information content (AvgIpc) is 3.33. The van der Waals surface area contributed by atoms with Crippen molar-refractivity contribution in [1.82, 2.24) is 20.5 Å². The zero-order valence-electron chi connectivity index (χ0n) is 19.1. The van der Waals surface area contributed by atoms with E-state index in [2.05, 4.69) is 35.8 Å². The van der Waals surface area contributed by atoms with Crippen LogP contribution in [0.5, 0.6) is 0 Å². The molecule has 172 valence electrons. The number of piperidine rings is 1. The van der Waals surface area contributed by atoms with E-state index >= 15 is 0 Å². The van der Waals surface area contributed by atoms with Gasteiger partial charge < -0.3 is 10.2 Å². The molecule has 1 unspecified atom stereocenters. The number of rotatable bonds is 3. The van der Waals surface area contributed by atoms with E-state index in [0.717, 1.165) is 18.4 Å². The number of benzene rings is 1. The molecule has 3 heterocycles. The molecule has 1 aliphatic carbocycles. The van der Waals surface area contributed by atoms with Gasteiger partial charge in [0.05, 0.1) is 15.2 Å². The number of nitrogens with one attached hydrogen (secondary N) is 2. The van der Waals surface area contributed by atoms with Crippen LogP contribution in [-0.2, 0) is 9.59 Å². The van der Waals surface area contributed by atoms with E-state index in [1.54, 1.807) is 24.3 Å². The van der Waals surface area contributed by atoms with Gasteiger partial charge in [0.15, 0.2) is 0 Å². The number of aromatic nitrogens is 1. The normalized spacial score (nSPS) is 28.1. The van der Waals surface area contributed by atoms with E-state index in [-0.39, 0.29) is 11.8 Å². The van der Waals surface area contributed by atoms with Crippen LogP contribution in [0.2, 0.25) is 0 Å². The molecule has 4 amide bonds. The molecule has 1 aromatic carbocycles. The summed E-state index contributed by atoms with van der Waals surface area (Å²) in [4.78, 5) is 43.9. The number of nitrogens with zero attached hydrogens (tertiary/aromatic N) is 2. The van der Waals surface area contributed by atoms with Gasteiger partial charge in [-0.3, -0.25) is 14.9 Å². The van der Waals surface area contributed by atoms with Crippen molar-refractivity contribution in [3.63, 3.8) is 0 Å². The Morgan fingerprint density at radius 3 is 2.61 bits per heavy atom. The predicted octanol–water partition coefficient (Wildman–Crippen LogP) is 3.80. The summed E-state index contributed by atoms with van der Waals surface area (Å²) in [5, 5.41) is 6.24. The summed E-state index contributed by atoms with van der Waals surface area (Å²) >= 11 is 1.77. The molecule has 2 fully saturated rings. The standard InChI is InChI=1S/C25H28N4O3S/c1-15-4-5-18-19(14-15)33-20(26-18)16-8-12-29(13-9-16)21(30)17-6-10-24(2,11-7-17)25(3)22(31)27-23(32)28-25/h4-7,10,14,16H,8-9,11-13H2,1-3H3,(H2,27,28,31,32)/t24?,25-/m0/s1. The second-order valence-corrected chi connectivity index (χ2v) is 10.8. The summed E-state index contributed by atoms with van der Waals surface area (Å²) in [6.45, 7) is 7.16. The minimum Gasteiger partial charge on any atom is -0.339 e. The number of aryl methyl sites for hydroxylation is 1. The van der Waals surface area contributed by atoms with Crippen LogP contribution in [0.1, 0.15) is 49.6 Å². The molecule has 2 N–H and O–H groups in total. The SMILES string of the molecule is Cc1ccc2nc(C3CCN(C(=O)C4=CCC(C)([C@@]5(C)NC(=O)NC5=O)C=C4)CC3)sc2c1. The number of carbonyl (C=O) groups excluding carboxylic acids is 3. The van der Waals surface area contributed by atoms with E-state index in [9.17, 15) is 14.4 Å². The van der Waals surface area contributed by atoms with Gasteiger partial charge in [-0.15, -0.1) is 11.3 Å². The molecule has 2 saturated heterocycles. The molecule has 3 aliphatic rings. The largest absolute Gasteiger partial charge is 0.339 e. The number of allylic oxidation sites excluding steroid dienone is 1. The number of thiazole rings is 1. The number of hydrogen-bond donors (Lipinski definition) is 2. The topological polar surface area (TPSA) is 91.4 Å². The smallest absolute Gasteiger partial charge is 0.322 e. The van der Waals surface area contributed by atoms with Crippen LogP contribution in [-0.4, -0.2) is 46.4 Å². The van der Waals surface area contributed by atoms with Crippen LogP contribution < -0.4 is 10.6 Å². The quantitative estimate of drug-likeness (QED) is 0.676. The zero-order chi connectivity index (χ0) is 23.4. The van der Waals surface area contributed by atoms with E-state index in [4.69, 9.17) is 4.98 Å². The average molecular weight is 465 g/mol. The molecule has 2 atom stereocenters. The zero-order valence-corrected chi connectivity index (χ0v) is 19.9. The summed E-state index contributed by atoms with van der Waals surface area (Å²) in [6.07, 6.45) is 7.90. The first-order valence-electron chi connectivity index (χ1n) is 11.4. The van der Waals surface area contributed by atoms with Crippen LogP contribution in [0, 0.1) is 12.3 Å². The number of carbonyl (C=O) groups is 3. The fraction of sp³-hybridized carbons (Fsp3) is 0.440. The van der Waals surface area contributed by atoms with Gasteiger partial charge in [-0.2, -0.15) is 0 Å². The Morgan fingerprint density at radius 2 is 1.97 bits per heavy atom. The lowest BCUT2D eigenvalue weighted by Crippen LogP contribution is -2.56. The molecule has 0 saturated carbocycles. The van der Waals surface area contributed by atoms with Gasteiger partial charge in [-0.25, -0.2) is 9.78 Å². The molecule has 0 spiro atoms. The third-order valence-electron chi connectivity index (χ3n) is 7.50. The number of likely N-dealkylation sites (tertiary alicyclic amines) is 1. The Labute approximate surface area is 196 Å². The van der Waals surface area contributed by atoms with Crippen molar-refractivity contribution in [3.05, 3.63) is 52.6 Å². The van der Waals surface area contributed by atoms with Crippen LogP contribution in [0.3, 0.4) is 0 Å². The van der Waals surface area contributed by atoms with Crippen LogP contribution in [0.4, 0.5) is 4.79 Å². The first-order chi connectivity index (χ1) is 15.7. The lowest BCUT2D eigenvalue weighted by Gasteiger charge is -2.40. The van der Waals surface area contributed by atoms with Crippen molar-refractivity contribution in [1.29, 1.82) is 0 Å². The van der Waals surface area contributed by atoms with Gasteiger partial charge in [0.1, 0.15) is 5.54 Å². The first-order valence-corrected chi connectivity index (χ1v) is 12.2. The van der Waals surface area contributed by atoms with Crippen LogP contribution >= 0.6 is 11.3 Å². The number of fused-ring (bicyclic) bond motifs is 1. The van der Waals surface area contributed by atoms with Crippen molar-refractivity contribution in [2.24, 2.45) is 5.41 Å². The molecule has 0 radical (unpaired) electrons. The highest BCUT2D eigenvalue weighted by atomic mass is 32.1. The Morgan fingerprint density at radius 1 is 1.21 bits per heavy atom. The summed E-state index contributed by atoms with van der Waals surface area (Å²) in [7, 11) is 0. The fourth-order valence-corrected chi connectivity index (χ4v) is 6.18. The van der Waals surface area contributed by atoms with Gasteiger partial charge >= 0.3 is 6.03 Å². The molecular weight excluding hydrogens is 436 g/mol. The number of amides is 4. The molecule has 2 aromatic rings. The van der Waals surface area contributed by atoms with E-state index in [1.807, 2.05) is 24.0 Å². The van der Waals surface area contributed by atoms with Crippen molar-refractivity contribution in [3.8, 4) is 0 Å². The Hall–Kier alpha value is -3.00. The summed E-state index contributed by atoms with van der Waals surface area (Å²) < 4.78 is 1.23. The fourth-order valence-electron chi connectivity index (χ4n) is 4.94. The van der Waals surface area contributed by atoms with Crippen molar-refractivity contribution in [2.45, 2.75) is 51.5 Å². The van der Waals surface area contributed by atoms with E-state index in [1.165, 1.54) is 15.3 Å². The highest BCUT2D eigenvalue weighted by Crippen LogP contribution is 2.42.